The number of hydrogen-bond donors (Lipinski definition) is 0. The lowest BCUT2D eigenvalue weighted by molar-refractivity contribution is 0.660. The van der Waals surface area contributed by atoms with Crippen LogP contribution in [0.4, 0.5) is 17.1 Å². The van der Waals surface area contributed by atoms with E-state index in [1.165, 1.54) is 16.7 Å². The van der Waals surface area contributed by atoms with Gasteiger partial charge in [0.15, 0.2) is 0 Å². The van der Waals surface area contributed by atoms with Crippen LogP contribution in [0.5, 0.6) is 0 Å². The van der Waals surface area contributed by atoms with Crippen LogP contribution in [0.25, 0.3) is 44.5 Å². The van der Waals surface area contributed by atoms with E-state index in [9.17, 15) is 5.48 Å². The Balaban J connectivity index is 1.16. The molecular formula is C58H43N. The van der Waals surface area contributed by atoms with Crippen molar-refractivity contribution in [3.8, 4) is 44.5 Å². The van der Waals surface area contributed by atoms with Crippen LogP contribution >= 0.6 is 0 Å². The summed E-state index contributed by atoms with van der Waals surface area (Å²) in [5.74, 6) is 0. The summed E-state index contributed by atoms with van der Waals surface area (Å²) in [6.45, 7) is 4.50. The predicted octanol–water partition coefficient (Wildman–Crippen LogP) is 15.2. The van der Waals surface area contributed by atoms with Crippen LogP contribution in [0, 0.1) is 0 Å². The Morgan fingerprint density at radius 2 is 0.763 bits per heavy atom. The SMILES string of the molecule is [2H]c1c([2H])c(N(c2ccc3c(c2)C(C)(C)c2ccccc2-3)c2ccc3c(c2)C(c2ccccc2)(c2ccccc2)c2ccccc2-3)c([2H])c([2H])c1-c1ccc(-c2ccccc2)cc1. The van der Waals surface area contributed by atoms with Gasteiger partial charge >= 0.3 is 0 Å². The summed E-state index contributed by atoms with van der Waals surface area (Å²) in [5.41, 5.74) is 15.3. The third kappa shape index (κ3) is 5.46. The normalized spacial score (nSPS) is 14.8. The Hall–Kier alpha value is -7.22. The molecule has 0 unspecified atom stereocenters. The van der Waals surface area contributed by atoms with Gasteiger partial charge in [0.05, 0.1) is 10.9 Å². The first-order valence-electron chi connectivity index (χ1n) is 22.4. The molecule has 0 atom stereocenters. The Bertz CT molecular complexity index is 3160. The smallest absolute Gasteiger partial charge is 0.0714 e. The number of benzene rings is 9. The molecule has 0 aliphatic heterocycles. The summed E-state index contributed by atoms with van der Waals surface area (Å²) >= 11 is 0. The second-order valence-corrected chi connectivity index (χ2v) is 16.2. The van der Waals surface area contributed by atoms with Crippen molar-refractivity contribution in [2.45, 2.75) is 24.7 Å². The molecule has 0 aromatic heterocycles. The van der Waals surface area contributed by atoms with Crippen LogP contribution in [-0.2, 0) is 10.8 Å². The Kier molecular flexibility index (Phi) is 7.17. The van der Waals surface area contributed by atoms with Gasteiger partial charge in [-0.1, -0.05) is 202 Å². The van der Waals surface area contributed by atoms with Gasteiger partial charge in [-0.3, -0.25) is 0 Å². The van der Waals surface area contributed by atoms with Gasteiger partial charge in [-0.15, -0.1) is 0 Å². The molecule has 0 saturated heterocycles. The van der Waals surface area contributed by atoms with Crippen LogP contribution < -0.4 is 4.90 Å². The summed E-state index contributed by atoms with van der Waals surface area (Å²) in [6, 6.07) is 68.9. The van der Waals surface area contributed by atoms with Crippen LogP contribution in [0.1, 0.15) is 52.7 Å². The van der Waals surface area contributed by atoms with Crippen molar-refractivity contribution in [2.24, 2.45) is 0 Å². The monoisotopic (exact) mass is 757 g/mol. The van der Waals surface area contributed by atoms with Gasteiger partial charge in [-0.2, -0.15) is 0 Å². The highest BCUT2D eigenvalue weighted by molar-refractivity contribution is 5.91. The first kappa shape index (κ1) is 30.9. The highest BCUT2D eigenvalue weighted by atomic mass is 15.1. The zero-order valence-electron chi connectivity index (χ0n) is 37.0. The van der Waals surface area contributed by atoms with Gasteiger partial charge in [0, 0.05) is 22.5 Å². The van der Waals surface area contributed by atoms with Crippen molar-refractivity contribution in [3.05, 3.63) is 258 Å². The van der Waals surface area contributed by atoms with Crippen LogP contribution in [0.3, 0.4) is 0 Å². The molecule has 1 heteroatoms. The largest absolute Gasteiger partial charge is 0.310 e. The summed E-state index contributed by atoms with van der Waals surface area (Å²) in [5, 5.41) is 0. The molecule has 9 aromatic carbocycles. The molecule has 2 aliphatic rings. The minimum Gasteiger partial charge on any atom is -0.310 e. The fourth-order valence-electron chi connectivity index (χ4n) is 9.83. The molecule has 280 valence electrons. The lowest BCUT2D eigenvalue weighted by Crippen LogP contribution is -2.28. The lowest BCUT2D eigenvalue weighted by atomic mass is 9.67. The van der Waals surface area contributed by atoms with E-state index in [1.807, 2.05) is 59.5 Å². The molecule has 1 nitrogen and oxygen atoms in total. The van der Waals surface area contributed by atoms with Gasteiger partial charge in [-0.05, 0) is 114 Å². The molecule has 0 fully saturated rings. The number of hydrogen-bond acceptors (Lipinski definition) is 1. The van der Waals surface area contributed by atoms with Crippen molar-refractivity contribution in [1.29, 1.82) is 0 Å². The van der Waals surface area contributed by atoms with Crippen molar-refractivity contribution < 1.29 is 5.48 Å². The molecule has 0 spiro atoms. The summed E-state index contributed by atoms with van der Waals surface area (Å²) in [7, 11) is 0. The molecule has 0 amide bonds. The topological polar surface area (TPSA) is 3.24 Å². The molecule has 0 saturated carbocycles. The molecular weight excluding hydrogens is 711 g/mol. The van der Waals surface area contributed by atoms with Crippen LogP contribution in [0.2, 0.25) is 0 Å². The van der Waals surface area contributed by atoms with Crippen molar-refractivity contribution in [3.63, 3.8) is 0 Å². The quantitative estimate of drug-likeness (QED) is 0.156. The van der Waals surface area contributed by atoms with Crippen LogP contribution in [-0.4, -0.2) is 0 Å². The fourth-order valence-corrected chi connectivity index (χ4v) is 9.83. The molecule has 11 rings (SSSR count). The maximum Gasteiger partial charge on any atom is 0.0714 e. The summed E-state index contributed by atoms with van der Waals surface area (Å²) < 4.78 is 38.9. The van der Waals surface area contributed by atoms with E-state index in [4.69, 9.17) is 0 Å². The van der Waals surface area contributed by atoms with Crippen molar-refractivity contribution in [2.75, 3.05) is 4.90 Å². The predicted molar refractivity (Wildman–Crippen MR) is 247 cm³/mol. The summed E-state index contributed by atoms with van der Waals surface area (Å²) in [6.07, 6.45) is 0. The number of rotatable bonds is 7. The third-order valence-electron chi connectivity index (χ3n) is 12.6. The minimum absolute atomic E-state index is 0.0890. The maximum absolute atomic E-state index is 9.84. The van der Waals surface area contributed by atoms with Crippen molar-refractivity contribution in [1.82, 2.24) is 0 Å². The molecule has 59 heavy (non-hydrogen) atoms. The molecule has 9 aromatic rings. The first-order chi connectivity index (χ1) is 30.7. The Morgan fingerprint density at radius 1 is 0.339 bits per heavy atom. The van der Waals surface area contributed by atoms with E-state index in [1.54, 1.807) is 0 Å². The van der Waals surface area contributed by atoms with E-state index in [0.717, 1.165) is 61.4 Å². The highest BCUT2D eigenvalue weighted by Crippen LogP contribution is 2.58. The number of fused-ring (bicyclic) bond motifs is 6. The van der Waals surface area contributed by atoms with Crippen molar-refractivity contribution >= 4 is 17.1 Å². The number of anilines is 3. The Morgan fingerprint density at radius 3 is 1.36 bits per heavy atom. The van der Waals surface area contributed by atoms with Gasteiger partial charge in [0.1, 0.15) is 0 Å². The lowest BCUT2D eigenvalue weighted by Gasteiger charge is -2.35. The standard InChI is InChI=1S/C58H43N/c1-57(2)53-24-14-12-22-49(53)51-36-34-47(38-55(51)57)59(46-32-30-43(31-33-46)42-28-26-41(27-29-42)40-16-6-3-7-17-40)48-35-37-52-50-23-13-15-25-54(50)58(56(52)39-48,44-18-8-4-9-19-44)45-20-10-5-11-21-45/h3-39H,1-2H3/i30D,31D,32D,33D. The van der Waals surface area contributed by atoms with E-state index < -0.39 is 5.41 Å². The zero-order chi connectivity index (χ0) is 43.0. The van der Waals surface area contributed by atoms with E-state index in [0.29, 0.717) is 5.56 Å². The van der Waals surface area contributed by atoms with E-state index in [2.05, 4.69) is 159 Å². The average Bonchev–Trinajstić information content (AvgIpc) is 3.75. The number of nitrogens with zero attached hydrogens (tertiary/aromatic N) is 1. The average molecular weight is 758 g/mol. The maximum atomic E-state index is 9.84. The second-order valence-electron chi connectivity index (χ2n) is 16.2. The third-order valence-corrected chi connectivity index (χ3v) is 12.6. The molecule has 0 bridgehead atoms. The highest BCUT2D eigenvalue weighted by Gasteiger charge is 2.46. The van der Waals surface area contributed by atoms with E-state index in [-0.39, 0.29) is 40.8 Å². The fraction of sp³-hybridized carbons (Fsp3) is 0.0690. The first-order valence-corrected chi connectivity index (χ1v) is 20.4. The van der Waals surface area contributed by atoms with Gasteiger partial charge in [-0.25, -0.2) is 0 Å². The van der Waals surface area contributed by atoms with Gasteiger partial charge < -0.3 is 4.90 Å². The van der Waals surface area contributed by atoms with Gasteiger partial charge in [0.2, 0.25) is 0 Å². The molecule has 0 radical (unpaired) electrons. The molecule has 2 aliphatic carbocycles. The molecule has 0 heterocycles. The molecule has 0 N–H and O–H groups in total. The van der Waals surface area contributed by atoms with E-state index >= 15 is 0 Å². The second kappa shape index (κ2) is 13.7. The van der Waals surface area contributed by atoms with Gasteiger partial charge in [0.25, 0.3) is 0 Å². The van der Waals surface area contributed by atoms with Crippen LogP contribution in [0.15, 0.2) is 224 Å². The zero-order valence-corrected chi connectivity index (χ0v) is 33.0. The Labute approximate surface area is 353 Å². The summed E-state index contributed by atoms with van der Waals surface area (Å²) in [4.78, 5) is 1.96. The minimum atomic E-state index is -0.678.